The van der Waals surface area contributed by atoms with E-state index in [9.17, 15) is 24.0 Å². The SMILES string of the molecule is O=C(O)CC1NC(=O)NC1=O.O=C(O)c1ccc(Br)cc1C(=O)O. The summed E-state index contributed by atoms with van der Waals surface area (Å²) in [5, 5.41) is 29.6. The highest BCUT2D eigenvalue weighted by Gasteiger charge is 2.30. The van der Waals surface area contributed by atoms with Gasteiger partial charge in [0, 0.05) is 4.47 Å². The third kappa shape index (κ3) is 5.35. The van der Waals surface area contributed by atoms with Gasteiger partial charge in [-0.3, -0.25) is 14.9 Å². The zero-order valence-electron chi connectivity index (χ0n) is 11.8. The molecule has 0 spiro atoms. The number of halogens is 1. The Morgan fingerprint density at radius 1 is 1.04 bits per heavy atom. The summed E-state index contributed by atoms with van der Waals surface area (Å²) in [6, 6.07) is 2.43. The van der Waals surface area contributed by atoms with Crippen molar-refractivity contribution in [3.05, 3.63) is 33.8 Å². The van der Waals surface area contributed by atoms with Gasteiger partial charge >= 0.3 is 23.9 Å². The zero-order valence-corrected chi connectivity index (χ0v) is 13.4. The van der Waals surface area contributed by atoms with E-state index in [1.165, 1.54) is 18.2 Å². The number of carboxylic acids is 3. The Bertz CT molecular complexity index is 718. The Hall–Kier alpha value is -2.95. The molecule has 0 aromatic heterocycles. The monoisotopic (exact) mass is 402 g/mol. The first-order chi connectivity index (χ1) is 11.1. The minimum absolute atomic E-state index is 0.212. The van der Waals surface area contributed by atoms with Crippen molar-refractivity contribution in [2.45, 2.75) is 12.5 Å². The molecule has 5 N–H and O–H groups in total. The van der Waals surface area contributed by atoms with E-state index in [1.54, 1.807) is 0 Å². The molecule has 3 amide bonds. The first-order valence-corrected chi connectivity index (χ1v) is 7.00. The van der Waals surface area contributed by atoms with Crippen LogP contribution in [0.4, 0.5) is 4.79 Å². The van der Waals surface area contributed by atoms with Crippen molar-refractivity contribution in [3.8, 4) is 0 Å². The van der Waals surface area contributed by atoms with Crippen LogP contribution in [0, 0.1) is 0 Å². The van der Waals surface area contributed by atoms with Crippen molar-refractivity contribution in [1.82, 2.24) is 10.6 Å². The third-order valence-corrected chi connectivity index (χ3v) is 3.17. The molecule has 1 unspecified atom stereocenters. The van der Waals surface area contributed by atoms with Crippen LogP contribution in [0.25, 0.3) is 0 Å². The second kappa shape index (κ2) is 8.06. The van der Waals surface area contributed by atoms with Gasteiger partial charge in [-0.2, -0.15) is 0 Å². The van der Waals surface area contributed by atoms with E-state index in [0.717, 1.165) is 0 Å². The van der Waals surface area contributed by atoms with Crippen LogP contribution < -0.4 is 10.6 Å². The van der Waals surface area contributed by atoms with Crippen LogP contribution in [0.2, 0.25) is 0 Å². The van der Waals surface area contributed by atoms with E-state index in [0.29, 0.717) is 4.47 Å². The lowest BCUT2D eigenvalue weighted by atomic mass is 10.1. The molecule has 1 heterocycles. The molecular weight excluding hydrogens is 392 g/mol. The number of benzene rings is 1. The maximum atomic E-state index is 10.7. The molecule has 11 heteroatoms. The van der Waals surface area contributed by atoms with E-state index in [1.807, 2.05) is 5.32 Å². The van der Waals surface area contributed by atoms with Crippen LogP contribution in [0.15, 0.2) is 22.7 Å². The highest BCUT2D eigenvalue weighted by molar-refractivity contribution is 9.10. The van der Waals surface area contributed by atoms with E-state index in [4.69, 9.17) is 15.3 Å². The molecule has 128 valence electrons. The highest BCUT2D eigenvalue weighted by atomic mass is 79.9. The van der Waals surface area contributed by atoms with E-state index in [2.05, 4.69) is 21.2 Å². The van der Waals surface area contributed by atoms with Gasteiger partial charge in [0.2, 0.25) is 0 Å². The molecule has 2 rings (SSSR count). The fourth-order valence-corrected chi connectivity index (χ4v) is 2.02. The number of aromatic carboxylic acids is 2. The molecule has 1 atom stereocenters. The maximum Gasteiger partial charge on any atom is 0.336 e. The Morgan fingerprint density at radius 2 is 1.62 bits per heavy atom. The van der Waals surface area contributed by atoms with E-state index < -0.39 is 35.9 Å². The minimum Gasteiger partial charge on any atom is -0.481 e. The van der Waals surface area contributed by atoms with Gasteiger partial charge in [-0.15, -0.1) is 0 Å². The summed E-state index contributed by atoms with van der Waals surface area (Å²) in [7, 11) is 0. The Labute approximate surface area is 142 Å². The molecule has 0 aliphatic carbocycles. The molecule has 24 heavy (non-hydrogen) atoms. The molecule has 1 aliphatic rings. The molecule has 1 aromatic carbocycles. The molecular formula is C13H11BrN2O8. The lowest BCUT2D eigenvalue weighted by Crippen LogP contribution is -2.31. The number of imide groups is 1. The number of aliphatic carboxylic acids is 1. The second-order valence-corrected chi connectivity index (χ2v) is 5.33. The number of hydrogen-bond acceptors (Lipinski definition) is 5. The van der Waals surface area contributed by atoms with Crippen molar-refractivity contribution < 1.29 is 39.3 Å². The maximum absolute atomic E-state index is 10.7. The van der Waals surface area contributed by atoms with Gasteiger partial charge in [0.15, 0.2) is 0 Å². The van der Waals surface area contributed by atoms with Gasteiger partial charge in [0.25, 0.3) is 5.91 Å². The summed E-state index contributed by atoms with van der Waals surface area (Å²) in [5.41, 5.74) is -0.433. The van der Waals surface area contributed by atoms with Crippen molar-refractivity contribution in [2.24, 2.45) is 0 Å². The van der Waals surface area contributed by atoms with Crippen molar-refractivity contribution in [3.63, 3.8) is 0 Å². The van der Waals surface area contributed by atoms with Crippen LogP contribution in [0.5, 0.6) is 0 Å². The van der Waals surface area contributed by atoms with Gasteiger partial charge in [0.1, 0.15) is 6.04 Å². The predicted molar refractivity (Wildman–Crippen MR) is 80.8 cm³/mol. The Kier molecular flexibility index (Phi) is 6.41. The Morgan fingerprint density at radius 3 is 2.04 bits per heavy atom. The first-order valence-electron chi connectivity index (χ1n) is 6.21. The summed E-state index contributed by atoms with van der Waals surface area (Å²) in [6.07, 6.45) is -0.377. The van der Waals surface area contributed by atoms with Crippen LogP contribution in [-0.2, 0) is 9.59 Å². The zero-order chi connectivity index (χ0) is 18.4. The average molecular weight is 403 g/mol. The highest BCUT2D eigenvalue weighted by Crippen LogP contribution is 2.16. The summed E-state index contributed by atoms with van der Waals surface area (Å²) < 4.78 is 0.537. The normalized spacial score (nSPS) is 15.6. The van der Waals surface area contributed by atoms with Gasteiger partial charge in [-0.1, -0.05) is 15.9 Å². The number of hydrogen-bond donors (Lipinski definition) is 5. The number of urea groups is 1. The first kappa shape index (κ1) is 19.1. The molecule has 1 aromatic rings. The smallest absolute Gasteiger partial charge is 0.336 e. The van der Waals surface area contributed by atoms with Crippen molar-refractivity contribution in [1.29, 1.82) is 0 Å². The number of carbonyl (C=O) groups excluding carboxylic acids is 2. The topological polar surface area (TPSA) is 170 Å². The van der Waals surface area contributed by atoms with Crippen molar-refractivity contribution in [2.75, 3.05) is 0 Å². The summed E-state index contributed by atoms with van der Waals surface area (Å²) in [6.45, 7) is 0. The summed E-state index contributed by atoms with van der Waals surface area (Å²) >= 11 is 3.06. The minimum atomic E-state index is -1.25. The number of carboxylic acid groups (broad SMARTS) is 3. The molecule has 1 fully saturated rings. The van der Waals surface area contributed by atoms with Gasteiger partial charge in [-0.05, 0) is 18.2 Å². The van der Waals surface area contributed by atoms with Crippen LogP contribution in [0.1, 0.15) is 27.1 Å². The molecule has 0 bridgehead atoms. The van der Waals surface area contributed by atoms with Crippen LogP contribution in [0.3, 0.4) is 0 Å². The lowest BCUT2D eigenvalue weighted by molar-refractivity contribution is -0.139. The predicted octanol–water partition coefficient (Wildman–Crippen LogP) is 0.515. The van der Waals surface area contributed by atoms with E-state index in [-0.39, 0.29) is 17.5 Å². The molecule has 0 radical (unpaired) electrons. The van der Waals surface area contributed by atoms with E-state index >= 15 is 0 Å². The fraction of sp³-hybridized carbons (Fsp3) is 0.154. The van der Waals surface area contributed by atoms with Crippen LogP contribution in [-0.4, -0.2) is 51.2 Å². The number of amides is 3. The lowest BCUT2D eigenvalue weighted by Gasteiger charge is -2.00. The number of nitrogens with one attached hydrogen (secondary N) is 2. The third-order valence-electron chi connectivity index (χ3n) is 2.68. The van der Waals surface area contributed by atoms with Crippen molar-refractivity contribution >= 4 is 45.8 Å². The second-order valence-electron chi connectivity index (χ2n) is 4.41. The molecule has 10 nitrogen and oxygen atoms in total. The largest absolute Gasteiger partial charge is 0.481 e. The number of carbonyl (C=O) groups is 5. The van der Waals surface area contributed by atoms with Gasteiger partial charge in [-0.25, -0.2) is 14.4 Å². The van der Waals surface area contributed by atoms with Crippen LogP contribution >= 0.6 is 15.9 Å². The average Bonchev–Trinajstić information content (AvgIpc) is 2.76. The molecule has 1 saturated heterocycles. The Balaban J connectivity index is 0.000000243. The fourth-order valence-electron chi connectivity index (χ4n) is 1.66. The summed E-state index contributed by atoms with van der Waals surface area (Å²) in [5.74, 6) is -4.20. The summed E-state index contributed by atoms with van der Waals surface area (Å²) in [4.78, 5) is 52.3. The quantitative estimate of drug-likeness (QED) is 0.453. The van der Waals surface area contributed by atoms with Gasteiger partial charge in [0.05, 0.1) is 17.5 Å². The molecule has 1 aliphatic heterocycles. The van der Waals surface area contributed by atoms with Gasteiger partial charge < -0.3 is 20.6 Å². The molecule has 0 saturated carbocycles. The standard InChI is InChI=1S/C8H5BrO4.C5H6N2O4/c9-4-1-2-5(7(10)11)6(3-4)8(12)13;8-3(9)1-2-4(10)7-5(11)6-2/h1-3H,(H,10,11)(H,12,13);2H,1H2,(H,8,9)(H2,6,7,10,11). The number of rotatable bonds is 4.